The van der Waals surface area contributed by atoms with Crippen LogP contribution < -0.4 is 5.32 Å². The van der Waals surface area contributed by atoms with Crippen LogP contribution in [0.4, 0.5) is 0 Å². The van der Waals surface area contributed by atoms with Gasteiger partial charge in [0.05, 0.1) is 13.2 Å². The molecule has 0 amide bonds. The topological polar surface area (TPSA) is 38.3 Å². The maximum absolute atomic E-state index is 10.6. The third-order valence-electron chi connectivity index (χ3n) is 1.00. The van der Waals surface area contributed by atoms with Crippen LogP contribution in [-0.4, -0.2) is 25.7 Å². The molecule has 1 N–H and O–H groups in total. The molecule has 0 spiro atoms. The quantitative estimate of drug-likeness (QED) is 0.453. The van der Waals surface area contributed by atoms with Gasteiger partial charge in [0.1, 0.15) is 0 Å². The Balaban J connectivity index is 3.05. The van der Waals surface area contributed by atoms with Gasteiger partial charge in [0.25, 0.3) is 0 Å². The molecule has 0 aliphatic heterocycles. The fraction of sp³-hybridized carbons (Fsp3) is 0.857. The number of rotatable bonds is 5. The van der Waals surface area contributed by atoms with E-state index in [2.05, 4.69) is 17.0 Å². The van der Waals surface area contributed by atoms with Gasteiger partial charge in [0.15, 0.2) is 0 Å². The SMILES string of the molecule is CCCNCC(=O)OCC. The second-order valence-electron chi connectivity index (χ2n) is 1.98. The van der Waals surface area contributed by atoms with E-state index in [1.165, 1.54) is 0 Å². The van der Waals surface area contributed by atoms with E-state index in [1.54, 1.807) is 6.92 Å². The standard InChI is InChI=1S/C7H15NO2/c1-3-5-8-6-7(9)10-4-2/h8H,3-6H2,1-2H3. The predicted molar refractivity (Wildman–Crippen MR) is 39.8 cm³/mol. The summed E-state index contributed by atoms with van der Waals surface area (Å²) in [5.74, 6) is -0.170. The van der Waals surface area contributed by atoms with Crippen molar-refractivity contribution >= 4 is 5.97 Å². The molecule has 0 unspecified atom stereocenters. The third kappa shape index (κ3) is 5.56. The largest absolute Gasteiger partial charge is 0.465 e. The molecule has 3 heteroatoms. The zero-order chi connectivity index (χ0) is 7.82. The number of nitrogens with one attached hydrogen (secondary N) is 1. The van der Waals surface area contributed by atoms with Gasteiger partial charge < -0.3 is 10.1 Å². The fourth-order valence-corrected chi connectivity index (χ4v) is 0.579. The van der Waals surface area contributed by atoms with Crippen molar-refractivity contribution in [3.05, 3.63) is 0 Å². The van der Waals surface area contributed by atoms with E-state index in [-0.39, 0.29) is 5.97 Å². The highest BCUT2D eigenvalue weighted by Gasteiger charge is 1.97. The molecule has 10 heavy (non-hydrogen) atoms. The number of ether oxygens (including phenoxy) is 1. The molecule has 0 bridgehead atoms. The molecule has 0 atom stereocenters. The van der Waals surface area contributed by atoms with E-state index in [4.69, 9.17) is 0 Å². The Morgan fingerprint density at radius 2 is 2.20 bits per heavy atom. The Kier molecular flexibility index (Phi) is 6.18. The number of carbonyl (C=O) groups is 1. The van der Waals surface area contributed by atoms with Crippen LogP contribution in [0.5, 0.6) is 0 Å². The Hall–Kier alpha value is -0.570. The van der Waals surface area contributed by atoms with E-state index < -0.39 is 0 Å². The molecule has 0 aromatic heterocycles. The van der Waals surface area contributed by atoms with Crippen LogP contribution in [0.25, 0.3) is 0 Å². The van der Waals surface area contributed by atoms with Crippen molar-refractivity contribution in [1.82, 2.24) is 5.32 Å². The number of hydrogen-bond acceptors (Lipinski definition) is 3. The summed E-state index contributed by atoms with van der Waals surface area (Å²) in [6, 6.07) is 0. The first-order valence-electron chi connectivity index (χ1n) is 3.67. The van der Waals surface area contributed by atoms with Crippen molar-refractivity contribution in [3.63, 3.8) is 0 Å². The molecule has 0 heterocycles. The summed E-state index contributed by atoms with van der Waals surface area (Å²) in [7, 11) is 0. The first-order valence-corrected chi connectivity index (χ1v) is 3.67. The van der Waals surface area contributed by atoms with Gasteiger partial charge in [-0.25, -0.2) is 0 Å². The summed E-state index contributed by atoms with van der Waals surface area (Å²) in [6.45, 7) is 5.53. The Morgan fingerprint density at radius 3 is 2.70 bits per heavy atom. The maximum atomic E-state index is 10.6. The van der Waals surface area contributed by atoms with E-state index in [1.807, 2.05) is 0 Å². The van der Waals surface area contributed by atoms with Gasteiger partial charge in [-0.15, -0.1) is 0 Å². The molecule has 0 saturated carbocycles. The maximum Gasteiger partial charge on any atom is 0.319 e. The highest BCUT2D eigenvalue weighted by Crippen LogP contribution is 1.75. The molecule has 0 radical (unpaired) electrons. The lowest BCUT2D eigenvalue weighted by Crippen LogP contribution is -2.25. The van der Waals surface area contributed by atoms with Crippen molar-refractivity contribution in [2.24, 2.45) is 0 Å². The molecule has 60 valence electrons. The molecule has 0 aliphatic rings. The molecule has 0 aromatic rings. The number of carbonyl (C=O) groups excluding carboxylic acids is 1. The van der Waals surface area contributed by atoms with E-state index in [0.717, 1.165) is 13.0 Å². The Morgan fingerprint density at radius 1 is 1.50 bits per heavy atom. The van der Waals surface area contributed by atoms with Crippen LogP contribution in [0.1, 0.15) is 20.3 Å². The second-order valence-corrected chi connectivity index (χ2v) is 1.98. The average molecular weight is 145 g/mol. The van der Waals surface area contributed by atoms with Gasteiger partial charge in [0.2, 0.25) is 0 Å². The molecule has 0 aromatic carbocycles. The summed E-state index contributed by atoms with van der Waals surface area (Å²) >= 11 is 0. The highest BCUT2D eigenvalue weighted by atomic mass is 16.5. The first kappa shape index (κ1) is 9.43. The van der Waals surface area contributed by atoms with Crippen LogP contribution in [0.3, 0.4) is 0 Å². The normalized spacial score (nSPS) is 9.40. The third-order valence-corrected chi connectivity index (χ3v) is 1.00. The molecule has 0 rings (SSSR count). The van der Waals surface area contributed by atoms with Gasteiger partial charge in [-0.05, 0) is 19.9 Å². The van der Waals surface area contributed by atoms with E-state index in [9.17, 15) is 4.79 Å². The van der Waals surface area contributed by atoms with Gasteiger partial charge in [-0.3, -0.25) is 4.79 Å². The summed E-state index contributed by atoms with van der Waals surface area (Å²) in [5.41, 5.74) is 0. The van der Waals surface area contributed by atoms with Gasteiger partial charge in [0, 0.05) is 0 Å². The number of hydrogen-bond donors (Lipinski definition) is 1. The molecule has 0 fully saturated rings. The average Bonchev–Trinajstić information content (AvgIpc) is 1.89. The first-order chi connectivity index (χ1) is 4.81. The van der Waals surface area contributed by atoms with Crippen molar-refractivity contribution in [1.29, 1.82) is 0 Å². The Bertz CT molecular complexity index is 93.6. The zero-order valence-corrected chi connectivity index (χ0v) is 6.64. The lowest BCUT2D eigenvalue weighted by atomic mass is 10.5. The minimum absolute atomic E-state index is 0.170. The minimum atomic E-state index is -0.170. The van der Waals surface area contributed by atoms with Crippen LogP contribution in [0, 0.1) is 0 Å². The Labute approximate surface area is 61.8 Å². The summed E-state index contributed by atoms with van der Waals surface area (Å²) in [4.78, 5) is 10.6. The molecular weight excluding hydrogens is 130 g/mol. The lowest BCUT2D eigenvalue weighted by Gasteiger charge is -2.01. The van der Waals surface area contributed by atoms with Crippen molar-refractivity contribution in [2.45, 2.75) is 20.3 Å². The highest BCUT2D eigenvalue weighted by molar-refractivity contribution is 5.71. The van der Waals surface area contributed by atoms with Crippen LogP contribution >= 0.6 is 0 Å². The summed E-state index contributed by atoms with van der Waals surface area (Å²) < 4.78 is 4.69. The summed E-state index contributed by atoms with van der Waals surface area (Å²) in [5, 5.41) is 2.95. The molecule has 0 saturated heterocycles. The van der Waals surface area contributed by atoms with E-state index in [0.29, 0.717) is 13.2 Å². The minimum Gasteiger partial charge on any atom is -0.465 e. The fourth-order valence-electron chi connectivity index (χ4n) is 0.579. The monoisotopic (exact) mass is 145 g/mol. The predicted octanol–water partition coefficient (Wildman–Crippen LogP) is 0.549. The zero-order valence-electron chi connectivity index (χ0n) is 6.64. The van der Waals surface area contributed by atoms with E-state index >= 15 is 0 Å². The van der Waals surface area contributed by atoms with Gasteiger partial charge in [-0.2, -0.15) is 0 Å². The van der Waals surface area contributed by atoms with Crippen LogP contribution in [0.2, 0.25) is 0 Å². The molecular formula is C7H15NO2. The van der Waals surface area contributed by atoms with Crippen LogP contribution in [0.15, 0.2) is 0 Å². The van der Waals surface area contributed by atoms with Crippen molar-refractivity contribution in [2.75, 3.05) is 19.7 Å². The molecule has 0 aliphatic carbocycles. The van der Waals surface area contributed by atoms with Gasteiger partial charge >= 0.3 is 5.97 Å². The van der Waals surface area contributed by atoms with Crippen LogP contribution in [-0.2, 0) is 9.53 Å². The smallest absolute Gasteiger partial charge is 0.319 e. The van der Waals surface area contributed by atoms with Crippen molar-refractivity contribution in [3.8, 4) is 0 Å². The number of esters is 1. The summed E-state index contributed by atoms with van der Waals surface area (Å²) in [6.07, 6.45) is 1.04. The van der Waals surface area contributed by atoms with Crippen molar-refractivity contribution < 1.29 is 9.53 Å². The lowest BCUT2D eigenvalue weighted by molar-refractivity contribution is -0.141. The second kappa shape index (κ2) is 6.55. The van der Waals surface area contributed by atoms with Gasteiger partial charge in [-0.1, -0.05) is 6.92 Å². The molecule has 3 nitrogen and oxygen atoms in total.